The summed E-state index contributed by atoms with van der Waals surface area (Å²) in [5.41, 5.74) is 2.45. The number of carbonyl (C=O) groups is 1. The summed E-state index contributed by atoms with van der Waals surface area (Å²) < 4.78 is 5.61. The number of imidazole rings is 1. The number of rotatable bonds is 3. The van der Waals surface area contributed by atoms with Crippen molar-refractivity contribution < 1.29 is 9.53 Å². The van der Waals surface area contributed by atoms with Gasteiger partial charge >= 0.3 is 0 Å². The fourth-order valence-corrected chi connectivity index (χ4v) is 5.25. The van der Waals surface area contributed by atoms with E-state index in [0.29, 0.717) is 11.6 Å². The number of fused-ring (bicyclic) bond motifs is 1. The molecule has 0 spiro atoms. The van der Waals surface area contributed by atoms with Gasteiger partial charge in [0.05, 0.1) is 34.1 Å². The lowest BCUT2D eigenvalue weighted by Gasteiger charge is -2.45. The zero-order valence-corrected chi connectivity index (χ0v) is 18.9. The van der Waals surface area contributed by atoms with E-state index < -0.39 is 5.54 Å². The Morgan fingerprint density at radius 2 is 2.03 bits per heavy atom. The average Bonchev–Trinajstić information content (AvgIpc) is 3.19. The van der Waals surface area contributed by atoms with Gasteiger partial charge in [0.15, 0.2) is 5.96 Å². The largest absolute Gasteiger partial charge is 0.378 e. The standard InChI is InChI=1S/C24H26ClN5O2/c1-14-12-16(10-11-32-14)30-19(31)13-24(2,29-23(30)26)17-8-9-18-21(20(17)25)28-22(27-18)15-6-4-3-5-7-15/h3-9,14,16H,10-13H2,1-2H3,(H2,26,29)(H,27,28)/t14-,16-,24+/m1/s1. The van der Waals surface area contributed by atoms with E-state index in [9.17, 15) is 4.79 Å². The molecule has 3 heterocycles. The van der Waals surface area contributed by atoms with E-state index in [4.69, 9.17) is 21.7 Å². The van der Waals surface area contributed by atoms with Crippen LogP contribution in [-0.4, -0.2) is 45.5 Å². The van der Waals surface area contributed by atoms with Crippen LogP contribution in [0.5, 0.6) is 0 Å². The molecular formula is C24H26ClN5O2. The number of H-pyrrole nitrogens is 1. The van der Waals surface area contributed by atoms with Crippen LogP contribution in [0, 0.1) is 5.41 Å². The minimum Gasteiger partial charge on any atom is -0.378 e. The molecule has 5 rings (SSSR count). The molecule has 8 heteroatoms. The SMILES string of the molecule is C[C@@H]1C[C@H](N2C(=N)N[C@](C)(c3ccc4nc(-c5ccccc5)[nH]c4c3Cl)CC2=O)CCO1. The van der Waals surface area contributed by atoms with Crippen LogP contribution >= 0.6 is 11.6 Å². The highest BCUT2D eigenvalue weighted by Crippen LogP contribution is 2.38. The lowest BCUT2D eigenvalue weighted by molar-refractivity contribution is -0.134. The molecule has 166 valence electrons. The molecule has 2 aromatic carbocycles. The number of carbonyl (C=O) groups excluding carboxylic acids is 1. The zero-order valence-electron chi connectivity index (χ0n) is 18.1. The molecule has 3 N–H and O–H groups in total. The third-order valence-corrected chi connectivity index (χ3v) is 6.86. The fraction of sp³-hybridized carbons (Fsp3) is 0.375. The Bertz CT molecular complexity index is 1170. The number of halogens is 1. The molecule has 2 fully saturated rings. The lowest BCUT2D eigenvalue weighted by Crippen LogP contribution is -2.63. The molecule has 32 heavy (non-hydrogen) atoms. The number of benzene rings is 2. The van der Waals surface area contributed by atoms with Crippen molar-refractivity contribution >= 4 is 34.5 Å². The summed E-state index contributed by atoms with van der Waals surface area (Å²) in [4.78, 5) is 22.8. The van der Waals surface area contributed by atoms with Crippen molar-refractivity contribution in [1.82, 2.24) is 20.2 Å². The monoisotopic (exact) mass is 451 g/mol. The number of aromatic amines is 1. The van der Waals surface area contributed by atoms with Gasteiger partial charge in [-0.25, -0.2) is 4.98 Å². The minimum atomic E-state index is -0.787. The normalized spacial score (nSPS) is 26.4. The van der Waals surface area contributed by atoms with Crippen LogP contribution in [0.1, 0.15) is 38.7 Å². The molecule has 3 aromatic rings. The van der Waals surface area contributed by atoms with Crippen LogP contribution in [0.4, 0.5) is 0 Å². The van der Waals surface area contributed by atoms with E-state index in [1.54, 1.807) is 4.90 Å². The van der Waals surface area contributed by atoms with E-state index in [-0.39, 0.29) is 30.4 Å². The third kappa shape index (κ3) is 3.55. The van der Waals surface area contributed by atoms with Crippen molar-refractivity contribution in [3.63, 3.8) is 0 Å². The molecular weight excluding hydrogens is 426 g/mol. The van der Waals surface area contributed by atoms with E-state index >= 15 is 0 Å². The van der Waals surface area contributed by atoms with Gasteiger partial charge in [-0.05, 0) is 38.3 Å². The van der Waals surface area contributed by atoms with Gasteiger partial charge in [0.2, 0.25) is 5.91 Å². The zero-order chi connectivity index (χ0) is 22.5. The van der Waals surface area contributed by atoms with E-state index in [0.717, 1.165) is 40.8 Å². The summed E-state index contributed by atoms with van der Waals surface area (Å²) in [5, 5.41) is 12.4. The van der Waals surface area contributed by atoms with E-state index in [1.807, 2.05) is 56.3 Å². The molecule has 0 aliphatic carbocycles. The third-order valence-electron chi connectivity index (χ3n) is 6.47. The minimum absolute atomic E-state index is 0.0187. The van der Waals surface area contributed by atoms with Crippen LogP contribution in [-0.2, 0) is 15.1 Å². The topological polar surface area (TPSA) is 94.1 Å². The molecule has 0 saturated carbocycles. The molecule has 7 nitrogen and oxygen atoms in total. The van der Waals surface area contributed by atoms with Crippen molar-refractivity contribution in [1.29, 1.82) is 5.41 Å². The summed E-state index contributed by atoms with van der Waals surface area (Å²) in [5.74, 6) is 0.791. The second-order valence-electron chi connectivity index (χ2n) is 8.88. The molecule has 3 atom stereocenters. The Morgan fingerprint density at radius 1 is 1.25 bits per heavy atom. The summed E-state index contributed by atoms with van der Waals surface area (Å²) >= 11 is 6.84. The first kappa shape index (κ1) is 21.0. The van der Waals surface area contributed by atoms with Crippen molar-refractivity contribution in [2.45, 2.75) is 50.8 Å². The Labute approximate surface area is 191 Å². The van der Waals surface area contributed by atoms with Crippen LogP contribution in [0.15, 0.2) is 42.5 Å². The van der Waals surface area contributed by atoms with Crippen LogP contribution in [0.25, 0.3) is 22.4 Å². The second-order valence-corrected chi connectivity index (χ2v) is 9.26. The predicted octanol–water partition coefficient (Wildman–Crippen LogP) is 4.42. The Kier molecular flexibility index (Phi) is 5.18. The van der Waals surface area contributed by atoms with Gasteiger partial charge in [-0.3, -0.25) is 15.1 Å². The molecule has 1 aromatic heterocycles. The number of nitrogens with zero attached hydrogens (tertiary/aromatic N) is 2. The van der Waals surface area contributed by atoms with Crippen molar-refractivity contribution in [2.24, 2.45) is 0 Å². The van der Waals surface area contributed by atoms with E-state index in [1.165, 1.54) is 0 Å². The molecule has 0 bridgehead atoms. The summed E-state index contributed by atoms with van der Waals surface area (Å²) in [6.45, 7) is 4.53. The maximum Gasteiger partial charge on any atom is 0.232 e. The number of ether oxygens (including phenoxy) is 1. The molecule has 2 saturated heterocycles. The van der Waals surface area contributed by atoms with Crippen molar-refractivity contribution in [3.05, 3.63) is 53.1 Å². The molecule has 0 unspecified atom stereocenters. The van der Waals surface area contributed by atoms with Crippen LogP contribution in [0.3, 0.4) is 0 Å². The average molecular weight is 452 g/mol. The van der Waals surface area contributed by atoms with Gasteiger partial charge in [-0.1, -0.05) is 48.0 Å². The number of aromatic nitrogens is 2. The fourth-order valence-electron chi connectivity index (χ4n) is 4.84. The maximum absolute atomic E-state index is 13.2. The number of hydrogen-bond donors (Lipinski definition) is 3. The van der Waals surface area contributed by atoms with Gasteiger partial charge in [0, 0.05) is 18.2 Å². The molecule has 2 aliphatic heterocycles. The molecule has 0 radical (unpaired) electrons. The smallest absolute Gasteiger partial charge is 0.232 e. The first-order valence-electron chi connectivity index (χ1n) is 10.9. The Balaban J connectivity index is 1.46. The molecule has 2 aliphatic rings. The van der Waals surface area contributed by atoms with E-state index in [2.05, 4.69) is 15.3 Å². The Hall–Kier alpha value is -2.90. The quantitative estimate of drug-likeness (QED) is 0.549. The number of guanidine groups is 1. The highest BCUT2D eigenvalue weighted by Gasteiger charge is 2.43. The highest BCUT2D eigenvalue weighted by atomic mass is 35.5. The summed E-state index contributed by atoms with van der Waals surface area (Å²) in [7, 11) is 0. The number of hydrogen-bond acceptors (Lipinski definition) is 4. The number of amides is 1. The lowest BCUT2D eigenvalue weighted by atomic mass is 9.85. The van der Waals surface area contributed by atoms with Crippen molar-refractivity contribution in [2.75, 3.05) is 6.61 Å². The van der Waals surface area contributed by atoms with Gasteiger partial charge in [-0.15, -0.1) is 0 Å². The van der Waals surface area contributed by atoms with Crippen molar-refractivity contribution in [3.8, 4) is 11.4 Å². The first-order chi connectivity index (χ1) is 15.4. The maximum atomic E-state index is 13.2. The predicted molar refractivity (Wildman–Crippen MR) is 125 cm³/mol. The Morgan fingerprint density at radius 3 is 2.75 bits per heavy atom. The summed E-state index contributed by atoms with van der Waals surface area (Å²) in [6.07, 6.45) is 1.76. The first-order valence-corrected chi connectivity index (χ1v) is 11.3. The van der Waals surface area contributed by atoms with Crippen LogP contribution in [0.2, 0.25) is 5.02 Å². The van der Waals surface area contributed by atoms with Gasteiger partial charge in [-0.2, -0.15) is 0 Å². The number of nitrogens with one attached hydrogen (secondary N) is 3. The van der Waals surface area contributed by atoms with Gasteiger partial charge in [0.25, 0.3) is 0 Å². The summed E-state index contributed by atoms with van der Waals surface area (Å²) in [6, 6.07) is 13.7. The van der Waals surface area contributed by atoms with Crippen LogP contribution < -0.4 is 5.32 Å². The van der Waals surface area contributed by atoms with Gasteiger partial charge in [0.1, 0.15) is 5.82 Å². The highest BCUT2D eigenvalue weighted by molar-refractivity contribution is 6.36. The molecule has 1 amide bonds. The second kappa shape index (κ2) is 7.90. The van der Waals surface area contributed by atoms with Gasteiger partial charge < -0.3 is 15.0 Å².